The number of nitrogens with zero attached hydrogens (tertiary/aromatic N) is 2. The van der Waals surface area contributed by atoms with Crippen LogP contribution >= 0.6 is 0 Å². The van der Waals surface area contributed by atoms with E-state index >= 15 is 0 Å². The van der Waals surface area contributed by atoms with Gasteiger partial charge in [0, 0.05) is 44.7 Å². The van der Waals surface area contributed by atoms with Gasteiger partial charge in [-0.25, -0.2) is 4.79 Å². The number of urea groups is 1. The number of nitrogens with one attached hydrogen (secondary N) is 1. The Balaban J connectivity index is 1.67. The van der Waals surface area contributed by atoms with Crippen LogP contribution < -0.4 is 5.32 Å². The van der Waals surface area contributed by atoms with Crippen molar-refractivity contribution < 1.29 is 22.8 Å². The Morgan fingerprint density at radius 3 is 2.62 bits per heavy atom. The molecule has 5 nitrogen and oxygen atoms in total. The lowest BCUT2D eigenvalue weighted by molar-refractivity contribution is -0.130. The zero-order valence-electron chi connectivity index (χ0n) is 13.7. The first kappa shape index (κ1) is 18.6. The fourth-order valence-corrected chi connectivity index (χ4v) is 2.96. The maximum Gasteiger partial charge on any atom is 0.412 e. The molecular formula is C16H24F3N3O2. The van der Waals surface area contributed by atoms with E-state index in [9.17, 15) is 22.8 Å². The van der Waals surface area contributed by atoms with Crippen LogP contribution in [0.15, 0.2) is 11.6 Å². The van der Waals surface area contributed by atoms with Gasteiger partial charge in [-0.2, -0.15) is 13.2 Å². The number of carbonyl (C=O) groups is 2. The predicted molar refractivity (Wildman–Crippen MR) is 83.4 cm³/mol. The normalized spacial score (nSPS) is 19.8. The number of amides is 3. The number of halogens is 3. The summed E-state index contributed by atoms with van der Waals surface area (Å²) in [5, 5.41) is 2.71. The van der Waals surface area contributed by atoms with Crippen molar-refractivity contribution in [3.63, 3.8) is 0 Å². The van der Waals surface area contributed by atoms with E-state index in [1.165, 1.54) is 4.90 Å². The van der Waals surface area contributed by atoms with Crippen molar-refractivity contribution in [1.82, 2.24) is 15.1 Å². The van der Waals surface area contributed by atoms with E-state index in [0.717, 1.165) is 31.9 Å². The van der Waals surface area contributed by atoms with E-state index in [-0.39, 0.29) is 31.4 Å². The molecule has 8 heteroatoms. The Kier molecular flexibility index (Phi) is 6.51. The van der Waals surface area contributed by atoms with Crippen molar-refractivity contribution in [2.45, 2.75) is 44.7 Å². The van der Waals surface area contributed by atoms with Crippen LogP contribution in [0.1, 0.15) is 38.5 Å². The molecule has 136 valence electrons. The number of rotatable bonds is 4. The average molecular weight is 347 g/mol. The molecule has 1 N–H and O–H groups in total. The predicted octanol–water partition coefficient (Wildman–Crippen LogP) is 2.68. The Bertz CT molecular complexity index is 491. The average Bonchev–Trinajstić information content (AvgIpc) is 2.75. The second kappa shape index (κ2) is 8.39. The molecule has 2 aliphatic heterocycles. The fraction of sp³-hybridized carbons (Fsp3) is 0.750. The van der Waals surface area contributed by atoms with Crippen molar-refractivity contribution in [3.8, 4) is 0 Å². The third kappa shape index (κ3) is 5.42. The smallest absolute Gasteiger partial charge is 0.343 e. The summed E-state index contributed by atoms with van der Waals surface area (Å²) in [7, 11) is 0. The number of carbonyl (C=O) groups excluding carboxylic acids is 2. The standard InChI is InChI=1S/C16H24F3N3O2/c17-16(18,19)13-6-11-22(12-7-13)15(24)20-8-4-10-21-9-3-1-2-5-14(21)23/h6H,1-5,7-12H2,(H,20,24). The summed E-state index contributed by atoms with van der Waals surface area (Å²) in [4.78, 5) is 27.0. The molecule has 0 unspecified atom stereocenters. The zero-order valence-corrected chi connectivity index (χ0v) is 13.7. The molecule has 1 saturated heterocycles. The summed E-state index contributed by atoms with van der Waals surface area (Å²) in [5.74, 6) is 0.166. The van der Waals surface area contributed by atoms with Gasteiger partial charge in [-0.05, 0) is 25.7 Å². The summed E-state index contributed by atoms with van der Waals surface area (Å²) in [6.07, 6.45) is 0.860. The van der Waals surface area contributed by atoms with Crippen LogP contribution in [0.2, 0.25) is 0 Å². The molecular weight excluding hydrogens is 323 g/mol. The molecule has 0 saturated carbocycles. The molecule has 0 spiro atoms. The molecule has 0 aromatic heterocycles. The first-order chi connectivity index (χ1) is 11.4. The van der Waals surface area contributed by atoms with Crippen molar-refractivity contribution in [1.29, 1.82) is 0 Å². The minimum atomic E-state index is -4.30. The minimum Gasteiger partial charge on any atom is -0.343 e. The minimum absolute atomic E-state index is 0.0225. The highest BCUT2D eigenvalue weighted by Gasteiger charge is 2.35. The first-order valence-electron chi connectivity index (χ1n) is 8.44. The Morgan fingerprint density at radius 1 is 1.17 bits per heavy atom. The largest absolute Gasteiger partial charge is 0.412 e. The SMILES string of the molecule is O=C1CCCCCN1CCCNC(=O)N1CC=C(C(F)(F)F)CC1. The molecule has 0 atom stereocenters. The topological polar surface area (TPSA) is 52.7 Å². The third-order valence-corrected chi connectivity index (χ3v) is 4.41. The monoisotopic (exact) mass is 347 g/mol. The van der Waals surface area contributed by atoms with Crippen LogP contribution in [-0.4, -0.2) is 60.6 Å². The highest BCUT2D eigenvalue weighted by atomic mass is 19.4. The Hall–Kier alpha value is -1.73. The summed E-state index contributed by atoms with van der Waals surface area (Å²) in [6, 6.07) is -0.352. The van der Waals surface area contributed by atoms with Crippen molar-refractivity contribution in [3.05, 3.63) is 11.6 Å². The highest BCUT2D eigenvalue weighted by molar-refractivity contribution is 5.76. The second-order valence-corrected chi connectivity index (χ2v) is 6.20. The Morgan fingerprint density at radius 2 is 1.96 bits per heavy atom. The van der Waals surface area contributed by atoms with Gasteiger partial charge in [-0.1, -0.05) is 12.5 Å². The van der Waals surface area contributed by atoms with E-state index in [4.69, 9.17) is 0 Å². The van der Waals surface area contributed by atoms with Crippen LogP contribution in [0.4, 0.5) is 18.0 Å². The molecule has 0 aromatic rings. The molecule has 3 amide bonds. The quantitative estimate of drug-likeness (QED) is 0.628. The van der Waals surface area contributed by atoms with Gasteiger partial charge >= 0.3 is 12.2 Å². The van der Waals surface area contributed by atoms with Gasteiger partial charge in [-0.3, -0.25) is 4.79 Å². The van der Waals surface area contributed by atoms with E-state index < -0.39 is 11.7 Å². The number of alkyl halides is 3. The maximum atomic E-state index is 12.5. The van der Waals surface area contributed by atoms with Crippen LogP contribution in [0.5, 0.6) is 0 Å². The highest BCUT2D eigenvalue weighted by Crippen LogP contribution is 2.30. The number of hydrogen-bond donors (Lipinski definition) is 1. The summed E-state index contributed by atoms with van der Waals surface area (Å²) in [6.45, 7) is 1.84. The van der Waals surface area contributed by atoms with Gasteiger partial charge in [0.2, 0.25) is 5.91 Å². The summed E-state index contributed by atoms with van der Waals surface area (Å²) < 4.78 is 37.6. The van der Waals surface area contributed by atoms with Crippen molar-refractivity contribution >= 4 is 11.9 Å². The van der Waals surface area contributed by atoms with Crippen LogP contribution in [0.25, 0.3) is 0 Å². The zero-order chi connectivity index (χ0) is 17.6. The van der Waals surface area contributed by atoms with E-state index in [1.807, 2.05) is 4.90 Å². The molecule has 2 heterocycles. The lowest BCUT2D eigenvalue weighted by atomic mass is 10.1. The van der Waals surface area contributed by atoms with Crippen molar-refractivity contribution in [2.75, 3.05) is 32.7 Å². The molecule has 2 aliphatic rings. The number of likely N-dealkylation sites (tertiary alicyclic amines) is 1. The summed E-state index contributed by atoms with van der Waals surface area (Å²) in [5.41, 5.74) is -0.564. The van der Waals surface area contributed by atoms with Gasteiger partial charge in [0.1, 0.15) is 0 Å². The maximum absolute atomic E-state index is 12.5. The second-order valence-electron chi connectivity index (χ2n) is 6.20. The van der Waals surface area contributed by atoms with Gasteiger partial charge < -0.3 is 15.1 Å². The van der Waals surface area contributed by atoms with E-state index in [1.54, 1.807) is 0 Å². The molecule has 0 aromatic carbocycles. The molecule has 0 radical (unpaired) electrons. The number of hydrogen-bond acceptors (Lipinski definition) is 2. The van der Waals surface area contributed by atoms with Crippen molar-refractivity contribution in [2.24, 2.45) is 0 Å². The first-order valence-corrected chi connectivity index (χ1v) is 8.44. The lowest BCUT2D eigenvalue weighted by Crippen LogP contribution is -2.44. The molecule has 0 bridgehead atoms. The Labute approximate surface area is 139 Å². The third-order valence-electron chi connectivity index (χ3n) is 4.41. The van der Waals surface area contributed by atoms with Gasteiger partial charge in [-0.15, -0.1) is 0 Å². The van der Waals surface area contributed by atoms with E-state index in [0.29, 0.717) is 25.9 Å². The van der Waals surface area contributed by atoms with Crippen LogP contribution in [-0.2, 0) is 4.79 Å². The van der Waals surface area contributed by atoms with Crippen LogP contribution in [0.3, 0.4) is 0 Å². The van der Waals surface area contributed by atoms with Gasteiger partial charge in [0.15, 0.2) is 0 Å². The molecule has 2 rings (SSSR count). The molecule has 24 heavy (non-hydrogen) atoms. The van der Waals surface area contributed by atoms with Gasteiger partial charge in [0.05, 0.1) is 0 Å². The van der Waals surface area contributed by atoms with Crippen LogP contribution in [0, 0.1) is 0 Å². The molecule has 0 aliphatic carbocycles. The van der Waals surface area contributed by atoms with Gasteiger partial charge in [0.25, 0.3) is 0 Å². The molecule has 1 fully saturated rings. The summed E-state index contributed by atoms with van der Waals surface area (Å²) >= 11 is 0. The lowest BCUT2D eigenvalue weighted by Gasteiger charge is -2.27. The fourth-order valence-electron chi connectivity index (χ4n) is 2.96. The van der Waals surface area contributed by atoms with E-state index in [2.05, 4.69) is 5.32 Å².